The molecule has 1 unspecified atom stereocenters. The Labute approximate surface area is 103 Å². The molecule has 0 radical (unpaired) electrons. The van der Waals surface area contributed by atoms with Gasteiger partial charge in [0, 0.05) is 17.5 Å². The molecule has 1 heterocycles. The summed E-state index contributed by atoms with van der Waals surface area (Å²) in [5, 5.41) is 5.69. The van der Waals surface area contributed by atoms with Crippen molar-refractivity contribution in [3.63, 3.8) is 0 Å². The molecular weight excluding hydrogens is 218 g/mol. The molecule has 0 fully saturated rings. The molecule has 1 aromatic heterocycles. The fraction of sp³-hybridized carbons (Fsp3) is 0.692. The van der Waals surface area contributed by atoms with E-state index in [4.69, 9.17) is 4.74 Å². The maximum Gasteiger partial charge on any atom is 0.0518 e. The molecule has 1 aromatic rings. The summed E-state index contributed by atoms with van der Waals surface area (Å²) >= 11 is 1.83. The third kappa shape index (κ3) is 4.64. The van der Waals surface area contributed by atoms with E-state index < -0.39 is 0 Å². The Morgan fingerprint density at radius 2 is 2.12 bits per heavy atom. The van der Waals surface area contributed by atoms with Crippen LogP contribution in [0.3, 0.4) is 0 Å². The van der Waals surface area contributed by atoms with Gasteiger partial charge in [0.05, 0.1) is 6.10 Å². The van der Waals surface area contributed by atoms with Gasteiger partial charge in [-0.15, -0.1) is 11.3 Å². The van der Waals surface area contributed by atoms with Crippen molar-refractivity contribution in [3.05, 3.63) is 21.9 Å². The zero-order valence-corrected chi connectivity index (χ0v) is 11.6. The van der Waals surface area contributed by atoms with Crippen molar-refractivity contribution in [2.24, 2.45) is 0 Å². The second-order valence-corrected chi connectivity index (χ2v) is 5.36. The van der Waals surface area contributed by atoms with Crippen LogP contribution in [0.5, 0.6) is 0 Å². The molecule has 3 heteroatoms. The minimum atomic E-state index is 0.344. The van der Waals surface area contributed by atoms with Crippen LogP contribution < -0.4 is 5.32 Å². The van der Waals surface area contributed by atoms with Crippen molar-refractivity contribution in [2.45, 2.75) is 46.3 Å². The Balaban J connectivity index is 2.16. The van der Waals surface area contributed by atoms with Crippen molar-refractivity contribution in [3.8, 4) is 0 Å². The molecule has 0 saturated heterocycles. The van der Waals surface area contributed by atoms with E-state index in [1.165, 1.54) is 10.4 Å². The highest BCUT2D eigenvalue weighted by atomic mass is 32.1. The average molecular weight is 241 g/mol. The van der Waals surface area contributed by atoms with Crippen molar-refractivity contribution in [2.75, 3.05) is 13.2 Å². The Bertz CT molecular complexity index is 296. The highest BCUT2D eigenvalue weighted by molar-refractivity contribution is 7.10. The lowest BCUT2D eigenvalue weighted by molar-refractivity contribution is 0.0768. The fourth-order valence-corrected chi connectivity index (χ4v) is 2.59. The van der Waals surface area contributed by atoms with Crippen molar-refractivity contribution >= 4 is 11.3 Å². The smallest absolute Gasteiger partial charge is 0.0518 e. The summed E-state index contributed by atoms with van der Waals surface area (Å²) in [6, 6.07) is 2.64. The van der Waals surface area contributed by atoms with Crippen LogP contribution in [0.1, 0.15) is 43.7 Å². The topological polar surface area (TPSA) is 21.3 Å². The Morgan fingerprint density at radius 1 is 1.38 bits per heavy atom. The summed E-state index contributed by atoms with van der Waals surface area (Å²) in [6.45, 7) is 10.4. The number of nitrogens with one attached hydrogen (secondary N) is 1. The quantitative estimate of drug-likeness (QED) is 0.737. The van der Waals surface area contributed by atoms with Gasteiger partial charge in [0.1, 0.15) is 0 Å². The number of rotatable bonds is 7. The second-order valence-electron chi connectivity index (χ2n) is 4.42. The average Bonchev–Trinajstić information content (AvgIpc) is 2.63. The first-order chi connectivity index (χ1) is 7.61. The summed E-state index contributed by atoms with van der Waals surface area (Å²) in [4.78, 5) is 1.45. The third-order valence-corrected chi connectivity index (χ3v) is 3.72. The lowest BCUT2D eigenvalue weighted by atomic mass is 10.2. The summed E-state index contributed by atoms with van der Waals surface area (Å²) in [5.74, 6) is 0. The van der Waals surface area contributed by atoms with Crippen molar-refractivity contribution < 1.29 is 4.74 Å². The minimum absolute atomic E-state index is 0.344. The van der Waals surface area contributed by atoms with Crippen LogP contribution in [0.2, 0.25) is 0 Å². The minimum Gasteiger partial charge on any atom is -0.379 e. The van der Waals surface area contributed by atoms with Gasteiger partial charge in [0.2, 0.25) is 0 Å². The van der Waals surface area contributed by atoms with Gasteiger partial charge in [0.25, 0.3) is 0 Å². The zero-order valence-electron chi connectivity index (χ0n) is 10.7. The number of hydrogen-bond donors (Lipinski definition) is 1. The largest absolute Gasteiger partial charge is 0.379 e. The Hall–Kier alpha value is -0.380. The molecule has 1 rings (SSSR count). The van der Waals surface area contributed by atoms with Crippen molar-refractivity contribution in [1.82, 2.24) is 5.32 Å². The monoisotopic (exact) mass is 241 g/mol. The van der Waals surface area contributed by atoms with Gasteiger partial charge in [-0.3, -0.25) is 0 Å². The molecule has 0 amide bonds. The van der Waals surface area contributed by atoms with Crippen LogP contribution in [0.15, 0.2) is 11.4 Å². The maximum atomic E-state index is 5.50. The van der Waals surface area contributed by atoms with Gasteiger partial charge in [0.15, 0.2) is 0 Å². The molecule has 92 valence electrons. The molecule has 16 heavy (non-hydrogen) atoms. The van der Waals surface area contributed by atoms with Crippen LogP contribution in [0.4, 0.5) is 0 Å². The van der Waals surface area contributed by atoms with E-state index in [1.807, 2.05) is 11.3 Å². The van der Waals surface area contributed by atoms with Gasteiger partial charge in [-0.1, -0.05) is 0 Å². The first kappa shape index (κ1) is 13.7. The molecule has 2 nitrogen and oxygen atoms in total. The van der Waals surface area contributed by atoms with Gasteiger partial charge >= 0.3 is 0 Å². The molecular formula is C13H23NOS. The molecule has 0 bridgehead atoms. The third-order valence-electron chi connectivity index (χ3n) is 2.52. The van der Waals surface area contributed by atoms with E-state index in [9.17, 15) is 0 Å². The number of hydrogen-bond acceptors (Lipinski definition) is 3. The van der Waals surface area contributed by atoms with Crippen molar-refractivity contribution in [1.29, 1.82) is 0 Å². The molecule has 1 atom stereocenters. The molecule has 0 aliphatic carbocycles. The molecule has 0 aliphatic rings. The van der Waals surface area contributed by atoms with E-state index in [2.05, 4.69) is 44.5 Å². The summed E-state index contributed by atoms with van der Waals surface area (Å²) < 4.78 is 5.50. The number of thiophene rings is 1. The highest BCUT2D eigenvalue weighted by Gasteiger charge is 2.08. The molecule has 0 aromatic carbocycles. The fourth-order valence-electron chi connectivity index (χ4n) is 1.63. The molecule has 0 spiro atoms. The highest BCUT2D eigenvalue weighted by Crippen LogP contribution is 2.23. The van der Waals surface area contributed by atoms with Gasteiger partial charge in [-0.25, -0.2) is 0 Å². The lowest BCUT2D eigenvalue weighted by Crippen LogP contribution is -2.21. The SMILES string of the molecule is Cc1ccsc1C(C)NCCCOC(C)C. The van der Waals surface area contributed by atoms with Crippen LogP contribution in [0, 0.1) is 6.92 Å². The van der Waals surface area contributed by atoms with E-state index in [0.717, 1.165) is 19.6 Å². The predicted molar refractivity (Wildman–Crippen MR) is 71.2 cm³/mol. The van der Waals surface area contributed by atoms with Gasteiger partial charge < -0.3 is 10.1 Å². The van der Waals surface area contributed by atoms with Crippen LogP contribution >= 0.6 is 11.3 Å². The summed E-state index contributed by atoms with van der Waals surface area (Å²) in [7, 11) is 0. The zero-order chi connectivity index (χ0) is 12.0. The predicted octanol–water partition coefficient (Wildman–Crippen LogP) is 3.52. The lowest BCUT2D eigenvalue weighted by Gasteiger charge is -2.14. The first-order valence-corrected chi connectivity index (χ1v) is 6.88. The normalized spacial score (nSPS) is 13.3. The van der Waals surface area contributed by atoms with Crippen LogP contribution in [-0.2, 0) is 4.74 Å². The van der Waals surface area contributed by atoms with Gasteiger partial charge in [-0.05, 0) is 57.7 Å². The van der Waals surface area contributed by atoms with E-state index in [1.54, 1.807) is 0 Å². The Morgan fingerprint density at radius 3 is 2.69 bits per heavy atom. The van der Waals surface area contributed by atoms with Crippen LogP contribution in [-0.4, -0.2) is 19.3 Å². The van der Waals surface area contributed by atoms with Gasteiger partial charge in [-0.2, -0.15) is 0 Å². The number of aryl methyl sites for hydroxylation is 1. The molecule has 1 N–H and O–H groups in total. The molecule has 0 saturated carbocycles. The first-order valence-electron chi connectivity index (χ1n) is 6.00. The standard InChI is InChI=1S/C13H23NOS/c1-10(2)15-8-5-7-14-12(4)13-11(3)6-9-16-13/h6,9-10,12,14H,5,7-8H2,1-4H3. The summed E-state index contributed by atoms with van der Waals surface area (Å²) in [5.41, 5.74) is 1.39. The second kappa shape index (κ2) is 7.05. The Kier molecular flexibility index (Phi) is 6.03. The van der Waals surface area contributed by atoms with E-state index in [-0.39, 0.29) is 0 Å². The van der Waals surface area contributed by atoms with Crippen LogP contribution in [0.25, 0.3) is 0 Å². The molecule has 0 aliphatic heterocycles. The summed E-state index contributed by atoms with van der Waals surface area (Å²) in [6.07, 6.45) is 1.42. The van der Waals surface area contributed by atoms with E-state index in [0.29, 0.717) is 12.1 Å². The maximum absolute atomic E-state index is 5.50. The number of ether oxygens (including phenoxy) is 1. The van der Waals surface area contributed by atoms with E-state index >= 15 is 0 Å².